The number of aromatic nitrogens is 4. The number of hydrogen-bond donors (Lipinski definition) is 1. The lowest BCUT2D eigenvalue weighted by atomic mass is 10.1. The van der Waals surface area contributed by atoms with Crippen LogP contribution in [-0.4, -0.2) is 37.8 Å². The van der Waals surface area contributed by atoms with Gasteiger partial charge in [0.1, 0.15) is 0 Å². The quantitative estimate of drug-likeness (QED) is 0.861. The van der Waals surface area contributed by atoms with Crippen molar-refractivity contribution in [2.75, 3.05) is 12.3 Å². The van der Waals surface area contributed by atoms with Crippen LogP contribution in [-0.2, 0) is 4.79 Å². The summed E-state index contributed by atoms with van der Waals surface area (Å²) in [5.74, 6) is 1.83. The van der Waals surface area contributed by atoms with Crippen LogP contribution in [0.4, 0.5) is 0 Å². The van der Waals surface area contributed by atoms with Crippen molar-refractivity contribution in [3.05, 3.63) is 17.5 Å². The zero-order chi connectivity index (χ0) is 14.1. The molecule has 1 amide bonds. The van der Waals surface area contributed by atoms with Crippen molar-refractivity contribution >= 4 is 23.4 Å². The monoisotopic (exact) mass is 291 g/mol. The molecule has 0 spiro atoms. The van der Waals surface area contributed by atoms with Gasteiger partial charge >= 0.3 is 0 Å². The normalized spacial score (nSPS) is 18.7. The Hall–Kier alpha value is -1.63. The summed E-state index contributed by atoms with van der Waals surface area (Å²) in [6, 6.07) is 1.99. The Morgan fingerprint density at radius 3 is 3.05 bits per heavy atom. The maximum Gasteiger partial charge on any atom is 0.253 e. The first-order valence-electron chi connectivity index (χ1n) is 6.75. The van der Waals surface area contributed by atoms with Crippen LogP contribution >= 0.6 is 11.8 Å². The fourth-order valence-corrected chi connectivity index (χ4v) is 3.29. The summed E-state index contributed by atoms with van der Waals surface area (Å²) in [5, 5.41) is 8.03. The lowest BCUT2D eigenvalue weighted by Crippen LogP contribution is -2.19. The van der Waals surface area contributed by atoms with Crippen LogP contribution in [0.2, 0.25) is 0 Å². The first kappa shape index (κ1) is 13.4. The number of carbonyl (C=O) groups excluding carboxylic acids is 1. The molecule has 106 valence electrons. The predicted octanol–water partition coefficient (Wildman–Crippen LogP) is 1.36. The van der Waals surface area contributed by atoms with Gasteiger partial charge in [-0.3, -0.25) is 4.79 Å². The van der Waals surface area contributed by atoms with Crippen molar-refractivity contribution in [1.29, 1.82) is 0 Å². The largest absolute Gasteiger partial charge is 0.356 e. The van der Waals surface area contributed by atoms with Crippen LogP contribution in [0.3, 0.4) is 0 Å². The summed E-state index contributed by atoms with van der Waals surface area (Å²) in [6.45, 7) is 4.75. The van der Waals surface area contributed by atoms with E-state index in [0.717, 1.165) is 41.7 Å². The van der Waals surface area contributed by atoms with Crippen LogP contribution in [0.1, 0.15) is 24.2 Å². The minimum Gasteiger partial charge on any atom is -0.356 e. The molecule has 1 saturated heterocycles. The van der Waals surface area contributed by atoms with E-state index in [-0.39, 0.29) is 11.8 Å². The lowest BCUT2D eigenvalue weighted by Gasteiger charge is -2.03. The van der Waals surface area contributed by atoms with Gasteiger partial charge in [0.05, 0.1) is 0 Å². The summed E-state index contributed by atoms with van der Waals surface area (Å²) in [5.41, 5.74) is 1.98. The van der Waals surface area contributed by atoms with Crippen LogP contribution in [0.15, 0.2) is 11.2 Å². The third-order valence-corrected chi connectivity index (χ3v) is 4.33. The highest BCUT2D eigenvalue weighted by Gasteiger charge is 2.23. The fourth-order valence-electron chi connectivity index (χ4n) is 2.42. The molecule has 2 aromatic heterocycles. The zero-order valence-electron chi connectivity index (χ0n) is 11.6. The topological polar surface area (TPSA) is 72.2 Å². The van der Waals surface area contributed by atoms with E-state index in [1.807, 2.05) is 19.9 Å². The maximum atomic E-state index is 11.5. The van der Waals surface area contributed by atoms with E-state index in [0.29, 0.717) is 5.78 Å². The highest BCUT2D eigenvalue weighted by molar-refractivity contribution is 7.99. The molecule has 1 aliphatic heterocycles. The minimum atomic E-state index is 0.154. The fraction of sp³-hybridized carbons (Fsp3) is 0.538. The summed E-state index contributed by atoms with van der Waals surface area (Å²) in [4.78, 5) is 20.3. The number of nitrogens with one attached hydrogen (secondary N) is 1. The molecule has 1 fully saturated rings. The van der Waals surface area contributed by atoms with Gasteiger partial charge in [-0.05, 0) is 32.8 Å². The van der Waals surface area contributed by atoms with Crippen LogP contribution < -0.4 is 5.32 Å². The average Bonchev–Trinajstić information content (AvgIpc) is 2.96. The van der Waals surface area contributed by atoms with Gasteiger partial charge in [0.15, 0.2) is 0 Å². The number of rotatable bonds is 4. The standard InChI is InChI=1S/C13H17N5OS/c1-8-7-9(2)18-12(15-8)16-13(17-18)20-6-4-10-3-5-14-11(10)19/h7,10H,3-6H2,1-2H3,(H,14,19)/t10-/m1/s1. The number of amides is 1. The highest BCUT2D eigenvalue weighted by Crippen LogP contribution is 2.21. The molecule has 1 N–H and O–H groups in total. The molecule has 7 heteroatoms. The molecule has 0 saturated carbocycles. The molecule has 3 heterocycles. The molecule has 0 bridgehead atoms. The van der Waals surface area contributed by atoms with Gasteiger partial charge in [-0.2, -0.15) is 4.98 Å². The van der Waals surface area contributed by atoms with E-state index in [1.165, 1.54) is 0 Å². The van der Waals surface area contributed by atoms with Crippen molar-refractivity contribution in [1.82, 2.24) is 24.9 Å². The number of carbonyl (C=O) groups is 1. The van der Waals surface area contributed by atoms with Gasteiger partial charge < -0.3 is 5.32 Å². The molecule has 1 atom stereocenters. The van der Waals surface area contributed by atoms with Gasteiger partial charge in [0.2, 0.25) is 11.1 Å². The number of hydrogen-bond acceptors (Lipinski definition) is 5. The maximum absolute atomic E-state index is 11.5. The molecule has 6 nitrogen and oxygen atoms in total. The molecule has 0 unspecified atom stereocenters. The van der Waals surface area contributed by atoms with Gasteiger partial charge in [-0.15, -0.1) is 5.10 Å². The lowest BCUT2D eigenvalue weighted by molar-refractivity contribution is -0.122. The van der Waals surface area contributed by atoms with E-state index in [9.17, 15) is 4.79 Å². The highest BCUT2D eigenvalue weighted by atomic mass is 32.2. The van der Waals surface area contributed by atoms with Gasteiger partial charge in [0.25, 0.3) is 5.78 Å². The summed E-state index contributed by atoms with van der Waals surface area (Å²) < 4.78 is 1.76. The first-order valence-corrected chi connectivity index (χ1v) is 7.73. The predicted molar refractivity (Wildman–Crippen MR) is 76.7 cm³/mol. The van der Waals surface area contributed by atoms with Crippen LogP contribution in [0.5, 0.6) is 0 Å². The van der Waals surface area contributed by atoms with Gasteiger partial charge in [-0.1, -0.05) is 11.8 Å². The van der Waals surface area contributed by atoms with Crippen molar-refractivity contribution in [2.24, 2.45) is 5.92 Å². The third kappa shape index (κ3) is 2.63. The Balaban J connectivity index is 1.66. The Labute approximate surface area is 121 Å². The molecule has 2 aromatic rings. The molecular weight excluding hydrogens is 274 g/mol. The number of fused-ring (bicyclic) bond motifs is 1. The molecule has 3 rings (SSSR count). The Morgan fingerprint density at radius 2 is 2.30 bits per heavy atom. The SMILES string of the molecule is Cc1cc(C)n2nc(SCC[C@H]3CCNC3=O)nc2n1. The molecule has 0 aliphatic carbocycles. The second-order valence-corrected chi connectivity index (χ2v) is 6.12. The average molecular weight is 291 g/mol. The van der Waals surface area contributed by atoms with Crippen LogP contribution in [0.25, 0.3) is 5.78 Å². The smallest absolute Gasteiger partial charge is 0.253 e. The summed E-state index contributed by atoms with van der Waals surface area (Å²) >= 11 is 1.59. The van der Waals surface area contributed by atoms with E-state index < -0.39 is 0 Å². The van der Waals surface area contributed by atoms with Gasteiger partial charge in [0, 0.05) is 29.6 Å². The Bertz CT molecular complexity index is 653. The van der Waals surface area contributed by atoms with Crippen molar-refractivity contribution in [3.8, 4) is 0 Å². The second-order valence-electron chi connectivity index (χ2n) is 5.06. The van der Waals surface area contributed by atoms with Crippen molar-refractivity contribution < 1.29 is 4.79 Å². The zero-order valence-corrected chi connectivity index (χ0v) is 12.4. The van der Waals surface area contributed by atoms with Gasteiger partial charge in [-0.25, -0.2) is 9.50 Å². The van der Waals surface area contributed by atoms with E-state index in [2.05, 4.69) is 20.4 Å². The number of thioether (sulfide) groups is 1. The number of aryl methyl sites for hydroxylation is 2. The number of nitrogens with zero attached hydrogens (tertiary/aromatic N) is 4. The second kappa shape index (κ2) is 5.40. The van der Waals surface area contributed by atoms with Crippen LogP contribution in [0, 0.1) is 19.8 Å². The van der Waals surface area contributed by atoms with E-state index in [4.69, 9.17) is 0 Å². The first-order chi connectivity index (χ1) is 9.63. The Morgan fingerprint density at radius 1 is 1.45 bits per heavy atom. The molecule has 0 radical (unpaired) electrons. The third-order valence-electron chi connectivity index (χ3n) is 3.46. The van der Waals surface area contributed by atoms with Crippen molar-refractivity contribution in [3.63, 3.8) is 0 Å². The molecule has 20 heavy (non-hydrogen) atoms. The molecule has 0 aromatic carbocycles. The Kier molecular flexibility index (Phi) is 3.60. The van der Waals surface area contributed by atoms with E-state index >= 15 is 0 Å². The summed E-state index contributed by atoms with van der Waals surface area (Å²) in [6.07, 6.45) is 1.81. The minimum absolute atomic E-state index is 0.154. The summed E-state index contributed by atoms with van der Waals surface area (Å²) in [7, 11) is 0. The van der Waals surface area contributed by atoms with Crippen molar-refractivity contribution in [2.45, 2.75) is 31.8 Å². The van der Waals surface area contributed by atoms with E-state index in [1.54, 1.807) is 16.3 Å². The molecule has 1 aliphatic rings. The molecular formula is C13H17N5OS.